The maximum Gasteiger partial charge on any atom is 0.371 e. The molecule has 0 saturated carbocycles. The molecule has 0 aromatic heterocycles. The van der Waals surface area contributed by atoms with Crippen LogP contribution in [0.25, 0.3) is 6.08 Å². The van der Waals surface area contributed by atoms with E-state index >= 15 is 0 Å². The molecule has 0 amide bonds. The Morgan fingerprint density at radius 3 is 2.40 bits per heavy atom. The number of unbranched alkanes of at least 4 members (excludes halogenated alkanes) is 3. The second-order valence-electron chi connectivity index (χ2n) is 5.50. The number of aliphatic carboxylic acids is 1. The van der Waals surface area contributed by atoms with Gasteiger partial charge in [0.25, 0.3) is 0 Å². The molecule has 1 aromatic rings. The van der Waals surface area contributed by atoms with Crippen LogP contribution >= 0.6 is 0 Å². The van der Waals surface area contributed by atoms with E-state index in [2.05, 4.69) is 17.1 Å². The zero-order chi connectivity index (χ0) is 18.9. The Kier molecular flexibility index (Phi) is 13.7. The number of benzene rings is 1. The molecule has 1 atom stereocenters. The van der Waals surface area contributed by atoms with Gasteiger partial charge in [0, 0.05) is 0 Å². The minimum absolute atomic E-state index is 0.00986. The average Bonchev–Trinajstić information content (AvgIpc) is 2.60. The monoisotopic (exact) mass is 351 g/mol. The van der Waals surface area contributed by atoms with E-state index < -0.39 is 5.97 Å². The third kappa shape index (κ3) is 12.7. The van der Waals surface area contributed by atoms with E-state index in [9.17, 15) is 9.70 Å². The van der Waals surface area contributed by atoms with Crippen LogP contribution in [0.2, 0.25) is 0 Å². The van der Waals surface area contributed by atoms with E-state index in [4.69, 9.17) is 9.84 Å². The Morgan fingerprint density at radius 1 is 1.20 bits per heavy atom. The van der Waals surface area contributed by atoms with Crippen LogP contribution in [-0.2, 0) is 14.4 Å². The number of hydrogen-bond acceptors (Lipinski definition) is 5. The summed E-state index contributed by atoms with van der Waals surface area (Å²) < 4.78 is 4.97. The highest BCUT2D eigenvalue weighted by Crippen LogP contribution is 2.08. The molecule has 1 unspecified atom stereocenters. The predicted octanol–water partition coefficient (Wildman–Crippen LogP) is 5.19. The van der Waals surface area contributed by atoms with Gasteiger partial charge in [-0.15, -0.1) is 4.91 Å². The van der Waals surface area contributed by atoms with E-state index in [1.165, 1.54) is 25.3 Å². The molecule has 0 radical (unpaired) electrons. The van der Waals surface area contributed by atoms with Gasteiger partial charge >= 0.3 is 5.97 Å². The summed E-state index contributed by atoms with van der Waals surface area (Å²) in [5.74, 6) is -1.07. The van der Waals surface area contributed by atoms with E-state index in [1.807, 2.05) is 37.3 Å². The summed E-state index contributed by atoms with van der Waals surface area (Å²) in [4.78, 5) is 24.8. The standard InChI is InChI=1S/C11H12O3.C8H17NO2/c1-2-14-10(11(12)13)8-9-6-4-3-5-7-9;1-3-4-5-6-7-8(2)11-9-10/h3-8H,2H2,1H3,(H,12,13);8H,3-7H2,1-2H3. The van der Waals surface area contributed by atoms with Gasteiger partial charge in [-0.3, -0.25) is 0 Å². The first-order valence-corrected chi connectivity index (χ1v) is 8.66. The van der Waals surface area contributed by atoms with Crippen molar-refractivity contribution < 1.29 is 19.5 Å². The van der Waals surface area contributed by atoms with Gasteiger partial charge in [-0.2, -0.15) is 0 Å². The summed E-state index contributed by atoms with van der Waals surface area (Å²) in [5.41, 5.74) is 0.818. The first-order chi connectivity index (χ1) is 12.0. The molecule has 25 heavy (non-hydrogen) atoms. The maximum absolute atomic E-state index is 10.7. The Balaban J connectivity index is 0.000000477. The lowest BCUT2D eigenvalue weighted by atomic mass is 10.1. The molecule has 0 aliphatic rings. The fourth-order valence-electron chi connectivity index (χ4n) is 2.01. The third-order valence-electron chi connectivity index (χ3n) is 3.30. The summed E-state index contributed by atoms with van der Waals surface area (Å²) in [6, 6.07) is 9.21. The molecule has 1 rings (SSSR count). The second-order valence-corrected chi connectivity index (χ2v) is 5.50. The lowest BCUT2D eigenvalue weighted by Gasteiger charge is -2.05. The summed E-state index contributed by atoms with van der Waals surface area (Å²) in [7, 11) is 0. The topological polar surface area (TPSA) is 85.2 Å². The highest BCUT2D eigenvalue weighted by Gasteiger charge is 2.07. The van der Waals surface area contributed by atoms with Crippen molar-refractivity contribution in [2.75, 3.05) is 6.61 Å². The summed E-state index contributed by atoms with van der Waals surface area (Å²) in [5, 5.41) is 11.2. The number of ether oxygens (including phenoxy) is 1. The fraction of sp³-hybridized carbons (Fsp3) is 0.526. The van der Waals surface area contributed by atoms with Crippen molar-refractivity contribution in [1.29, 1.82) is 0 Å². The van der Waals surface area contributed by atoms with E-state index in [-0.39, 0.29) is 11.9 Å². The number of nitrogens with zero attached hydrogens (tertiary/aromatic N) is 1. The zero-order valence-corrected chi connectivity index (χ0v) is 15.3. The lowest BCUT2D eigenvalue weighted by Crippen LogP contribution is -2.04. The third-order valence-corrected chi connectivity index (χ3v) is 3.30. The molecule has 1 aromatic carbocycles. The molecule has 1 N–H and O–H groups in total. The summed E-state index contributed by atoms with van der Waals surface area (Å²) >= 11 is 0. The minimum Gasteiger partial charge on any atom is -0.487 e. The van der Waals surface area contributed by atoms with Crippen LogP contribution < -0.4 is 0 Å². The van der Waals surface area contributed by atoms with Crippen LogP contribution in [-0.4, -0.2) is 23.8 Å². The first-order valence-electron chi connectivity index (χ1n) is 8.66. The van der Waals surface area contributed by atoms with Crippen LogP contribution in [0.4, 0.5) is 0 Å². The van der Waals surface area contributed by atoms with Gasteiger partial charge in [-0.1, -0.05) is 56.5 Å². The number of carboxylic acid groups (broad SMARTS) is 1. The molecule has 140 valence electrons. The Morgan fingerprint density at radius 2 is 1.88 bits per heavy atom. The molecular weight excluding hydrogens is 322 g/mol. The Bertz CT molecular complexity index is 502. The van der Waals surface area contributed by atoms with Gasteiger partial charge < -0.3 is 14.7 Å². The van der Waals surface area contributed by atoms with Gasteiger partial charge in [0.15, 0.2) is 5.34 Å². The molecule has 0 heterocycles. The van der Waals surface area contributed by atoms with Crippen LogP contribution in [0, 0.1) is 4.91 Å². The molecule has 6 heteroatoms. The number of carboxylic acids is 1. The lowest BCUT2D eigenvalue weighted by molar-refractivity contribution is -0.136. The largest absolute Gasteiger partial charge is 0.487 e. The number of rotatable bonds is 11. The van der Waals surface area contributed by atoms with E-state index in [0.29, 0.717) is 6.61 Å². The van der Waals surface area contributed by atoms with Crippen molar-refractivity contribution in [2.24, 2.45) is 5.34 Å². The van der Waals surface area contributed by atoms with Gasteiger partial charge in [-0.05, 0) is 38.3 Å². The quantitative estimate of drug-likeness (QED) is 0.195. The van der Waals surface area contributed by atoms with Gasteiger partial charge in [0.1, 0.15) is 6.10 Å². The Hall–Kier alpha value is -2.37. The van der Waals surface area contributed by atoms with Crippen molar-refractivity contribution in [3.63, 3.8) is 0 Å². The van der Waals surface area contributed by atoms with Crippen molar-refractivity contribution in [2.45, 2.75) is 59.0 Å². The van der Waals surface area contributed by atoms with Crippen LogP contribution in [0.15, 0.2) is 41.4 Å². The van der Waals surface area contributed by atoms with Crippen LogP contribution in [0.1, 0.15) is 58.4 Å². The number of carbonyl (C=O) groups is 1. The van der Waals surface area contributed by atoms with Crippen molar-refractivity contribution >= 4 is 12.0 Å². The maximum atomic E-state index is 10.7. The highest BCUT2D eigenvalue weighted by molar-refractivity contribution is 5.89. The van der Waals surface area contributed by atoms with Gasteiger partial charge in [0.2, 0.25) is 5.76 Å². The molecule has 6 nitrogen and oxygen atoms in total. The SMILES string of the molecule is CCCCCCC(C)ON=O.CCOC(=Cc1ccccc1)C(=O)O. The van der Waals surface area contributed by atoms with E-state index in [1.54, 1.807) is 6.92 Å². The molecule has 0 saturated heterocycles. The molecule has 0 fully saturated rings. The normalized spacial score (nSPS) is 11.7. The van der Waals surface area contributed by atoms with Crippen molar-refractivity contribution in [3.05, 3.63) is 46.6 Å². The van der Waals surface area contributed by atoms with Gasteiger partial charge in [0.05, 0.1) is 6.61 Å². The van der Waals surface area contributed by atoms with Gasteiger partial charge in [-0.25, -0.2) is 4.79 Å². The second kappa shape index (κ2) is 15.2. The molecule has 0 aliphatic heterocycles. The minimum atomic E-state index is -1.05. The predicted molar refractivity (Wildman–Crippen MR) is 98.8 cm³/mol. The molecule has 0 aliphatic carbocycles. The zero-order valence-electron chi connectivity index (χ0n) is 15.3. The molecule has 0 bridgehead atoms. The fourth-order valence-corrected chi connectivity index (χ4v) is 2.01. The molecule has 0 spiro atoms. The van der Waals surface area contributed by atoms with Crippen molar-refractivity contribution in [3.8, 4) is 0 Å². The summed E-state index contributed by atoms with van der Waals surface area (Å²) in [6.45, 7) is 6.15. The van der Waals surface area contributed by atoms with Crippen LogP contribution in [0.3, 0.4) is 0 Å². The first kappa shape index (κ1) is 22.6. The average molecular weight is 351 g/mol. The summed E-state index contributed by atoms with van der Waals surface area (Å²) in [6.07, 6.45) is 7.29. The number of hydrogen-bond donors (Lipinski definition) is 1. The van der Waals surface area contributed by atoms with E-state index in [0.717, 1.165) is 18.4 Å². The van der Waals surface area contributed by atoms with Crippen LogP contribution in [0.5, 0.6) is 0 Å². The molecular formula is C19H29NO5. The highest BCUT2D eigenvalue weighted by atomic mass is 16.7. The smallest absolute Gasteiger partial charge is 0.371 e. The van der Waals surface area contributed by atoms with Crippen molar-refractivity contribution in [1.82, 2.24) is 0 Å². The Labute approximate surface area is 149 Å².